The minimum absolute atomic E-state index is 0.0472. The summed E-state index contributed by atoms with van der Waals surface area (Å²) in [5.74, 6) is -0.888. The summed E-state index contributed by atoms with van der Waals surface area (Å²) in [6.45, 7) is 4.95. The number of ether oxygens (including phenoxy) is 1. The highest BCUT2D eigenvalue weighted by Crippen LogP contribution is 2.26. The molecule has 0 aliphatic rings. The molecule has 0 unspecified atom stereocenters. The van der Waals surface area contributed by atoms with Crippen molar-refractivity contribution >= 4 is 28.8 Å². The Morgan fingerprint density at radius 2 is 1.86 bits per heavy atom. The van der Waals surface area contributed by atoms with Crippen molar-refractivity contribution in [2.24, 2.45) is 12.5 Å². The summed E-state index contributed by atoms with van der Waals surface area (Å²) in [5.41, 5.74) is -1.49. The topological polar surface area (TPSA) is 72.1 Å². The third-order valence-electron chi connectivity index (χ3n) is 3.69. The average molecular weight is 410 g/mol. The summed E-state index contributed by atoms with van der Waals surface area (Å²) < 4.78 is 43.1. The highest BCUT2D eigenvalue weighted by molar-refractivity contribution is 7.07. The molecule has 1 aromatic heterocycles. The van der Waals surface area contributed by atoms with Gasteiger partial charge in [-0.1, -0.05) is 39.0 Å². The van der Waals surface area contributed by atoms with Crippen molar-refractivity contribution in [1.29, 1.82) is 5.26 Å². The number of halogens is 3. The number of rotatable bonds is 3. The molecule has 1 heterocycles. The Bertz CT molecular complexity index is 1130. The van der Waals surface area contributed by atoms with E-state index in [2.05, 4.69) is 4.74 Å². The zero-order valence-electron chi connectivity index (χ0n) is 15.5. The molecule has 0 aliphatic carbocycles. The minimum atomic E-state index is -4.88. The van der Waals surface area contributed by atoms with Gasteiger partial charge in [0.05, 0.1) is 4.53 Å². The van der Waals surface area contributed by atoms with Gasteiger partial charge in [-0.25, -0.2) is 0 Å². The van der Waals surface area contributed by atoms with E-state index < -0.39 is 28.9 Å². The zero-order valence-corrected chi connectivity index (χ0v) is 16.4. The van der Waals surface area contributed by atoms with E-state index >= 15 is 0 Å². The Morgan fingerprint density at radius 3 is 2.39 bits per heavy atom. The van der Waals surface area contributed by atoms with Crippen molar-refractivity contribution in [3.63, 3.8) is 0 Å². The van der Waals surface area contributed by atoms with Crippen LogP contribution in [-0.2, 0) is 11.8 Å². The zero-order chi connectivity index (χ0) is 21.3. The van der Waals surface area contributed by atoms with Crippen LogP contribution in [0.4, 0.5) is 13.2 Å². The quantitative estimate of drug-likeness (QED) is 0.779. The van der Waals surface area contributed by atoms with E-state index in [-0.39, 0.29) is 20.3 Å². The first-order valence-corrected chi connectivity index (χ1v) is 8.88. The molecule has 9 heteroatoms. The predicted octanol–water partition coefficient (Wildman–Crippen LogP) is 2.46. The van der Waals surface area contributed by atoms with E-state index in [1.807, 2.05) is 6.07 Å². The molecule has 0 saturated carbocycles. The number of Topliss-reactive ketones (excluding diaryl/α,β-unsaturated/α-hetero) is 1. The first-order valence-electron chi connectivity index (χ1n) is 8.06. The van der Waals surface area contributed by atoms with E-state index in [9.17, 15) is 28.0 Å². The number of para-hydroxylation sites is 1. The van der Waals surface area contributed by atoms with Gasteiger partial charge in [-0.3, -0.25) is 9.59 Å². The van der Waals surface area contributed by atoms with Crippen LogP contribution in [0.3, 0.4) is 0 Å². The number of alkyl halides is 3. The average Bonchev–Trinajstić information content (AvgIpc) is 2.84. The van der Waals surface area contributed by atoms with Crippen molar-refractivity contribution < 1.29 is 22.7 Å². The minimum Gasteiger partial charge on any atom is -0.405 e. The Hall–Kier alpha value is -2.86. The van der Waals surface area contributed by atoms with Gasteiger partial charge >= 0.3 is 6.36 Å². The van der Waals surface area contributed by atoms with E-state index in [1.165, 1.54) is 31.3 Å². The van der Waals surface area contributed by atoms with Crippen molar-refractivity contribution in [3.05, 3.63) is 49.4 Å². The number of hydrogen-bond acceptors (Lipinski definition) is 5. The van der Waals surface area contributed by atoms with Crippen molar-refractivity contribution in [2.45, 2.75) is 27.1 Å². The molecule has 5 nitrogen and oxygen atoms in total. The Labute approximate surface area is 162 Å². The lowest BCUT2D eigenvalue weighted by Crippen LogP contribution is -2.32. The summed E-state index contributed by atoms with van der Waals surface area (Å²) in [7, 11) is 1.40. The second-order valence-electron chi connectivity index (χ2n) is 6.93. The number of carbonyl (C=O) groups excluding carboxylic acids is 1. The van der Waals surface area contributed by atoms with E-state index in [0.717, 1.165) is 22.0 Å². The summed E-state index contributed by atoms with van der Waals surface area (Å²) in [6.07, 6.45) is -3.63. The Morgan fingerprint density at radius 1 is 1.25 bits per heavy atom. The highest BCUT2D eigenvalue weighted by Gasteiger charge is 2.32. The molecule has 1 aromatic carbocycles. The molecule has 2 aromatic rings. The molecule has 28 heavy (non-hydrogen) atoms. The number of ketones is 1. The fourth-order valence-electron chi connectivity index (χ4n) is 2.31. The summed E-state index contributed by atoms with van der Waals surface area (Å²) in [5, 5.41) is 9.43. The van der Waals surface area contributed by atoms with Gasteiger partial charge in [0.15, 0.2) is 5.78 Å². The molecule has 0 spiro atoms. The molecule has 0 radical (unpaired) electrons. The van der Waals surface area contributed by atoms with E-state index in [4.69, 9.17) is 0 Å². The number of aromatic nitrogens is 1. The maximum absolute atomic E-state index is 12.6. The standard InChI is InChI=1S/C19H17F3N2O3S/c1-18(2,3)15(25)12(10-23)17-24(4)16(26)14(28-17)9-11-7-5-6-8-13(11)27-19(20,21)22/h5-9H,1-4H3. The van der Waals surface area contributed by atoms with Crippen LogP contribution in [0.25, 0.3) is 11.6 Å². The molecular formula is C19H17F3N2O3S. The normalized spacial score (nSPS) is 13.9. The molecule has 148 valence electrons. The van der Waals surface area contributed by atoms with Crippen LogP contribution < -0.4 is 19.5 Å². The molecule has 0 amide bonds. The Balaban J connectivity index is 2.75. The predicted molar refractivity (Wildman–Crippen MR) is 99.0 cm³/mol. The summed E-state index contributed by atoms with van der Waals surface area (Å²) >= 11 is 0.862. The van der Waals surface area contributed by atoms with Gasteiger partial charge < -0.3 is 9.30 Å². The van der Waals surface area contributed by atoms with Gasteiger partial charge in [-0.05, 0) is 12.1 Å². The maximum Gasteiger partial charge on any atom is 0.573 e. The van der Waals surface area contributed by atoms with Crippen LogP contribution >= 0.6 is 11.3 Å². The van der Waals surface area contributed by atoms with Gasteiger partial charge in [-0.2, -0.15) is 5.26 Å². The number of carbonyl (C=O) groups is 1. The fraction of sp³-hybridized carbons (Fsp3) is 0.316. The monoisotopic (exact) mass is 410 g/mol. The summed E-state index contributed by atoms with van der Waals surface area (Å²) in [6, 6.07) is 7.23. The molecule has 0 fully saturated rings. The first kappa shape index (κ1) is 21.4. The summed E-state index contributed by atoms with van der Waals surface area (Å²) in [4.78, 5) is 25.0. The molecule has 2 rings (SSSR count). The molecule has 0 aliphatic heterocycles. The van der Waals surface area contributed by atoms with Crippen molar-refractivity contribution in [3.8, 4) is 11.8 Å². The number of thiazole rings is 1. The lowest BCUT2D eigenvalue weighted by atomic mass is 9.87. The second kappa shape index (κ2) is 7.64. The third kappa shape index (κ3) is 4.70. The number of benzene rings is 1. The van der Waals surface area contributed by atoms with E-state index in [1.54, 1.807) is 20.8 Å². The number of nitrogens with zero attached hydrogens (tertiary/aromatic N) is 2. The smallest absolute Gasteiger partial charge is 0.405 e. The number of hydrogen-bond donors (Lipinski definition) is 0. The van der Waals surface area contributed by atoms with Crippen LogP contribution in [0.15, 0.2) is 29.1 Å². The molecular weight excluding hydrogens is 393 g/mol. The van der Waals surface area contributed by atoms with Crippen LogP contribution in [-0.4, -0.2) is 16.7 Å². The third-order valence-corrected chi connectivity index (χ3v) is 4.88. The SMILES string of the molecule is Cn1c(=C(C#N)C(=O)C(C)(C)C)sc(=Cc2ccccc2OC(F)(F)F)c1=O. The molecule has 0 atom stereocenters. The van der Waals surface area contributed by atoms with Crippen molar-refractivity contribution in [1.82, 2.24) is 4.57 Å². The van der Waals surface area contributed by atoms with Gasteiger partial charge in [-0.15, -0.1) is 24.5 Å². The van der Waals surface area contributed by atoms with Crippen molar-refractivity contribution in [2.75, 3.05) is 0 Å². The van der Waals surface area contributed by atoms with Gasteiger partial charge in [0.2, 0.25) is 0 Å². The van der Waals surface area contributed by atoms with Gasteiger partial charge in [0.25, 0.3) is 5.56 Å². The Kier molecular flexibility index (Phi) is 5.85. The van der Waals surface area contributed by atoms with Gasteiger partial charge in [0, 0.05) is 18.0 Å². The first-order chi connectivity index (χ1) is 12.8. The molecule has 0 saturated heterocycles. The van der Waals surface area contributed by atoms with Crippen LogP contribution in [0.2, 0.25) is 0 Å². The van der Waals surface area contributed by atoms with Gasteiger partial charge in [0.1, 0.15) is 22.1 Å². The maximum atomic E-state index is 12.6. The van der Waals surface area contributed by atoms with Crippen LogP contribution in [0.5, 0.6) is 5.75 Å². The molecule has 0 N–H and O–H groups in total. The second-order valence-corrected chi connectivity index (χ2v) is 7.96. The lowest BCUT2D eigenvalue weighted by molar-refractivity contribution is -0.274. The molecule has 0 bridgehead atoms. The largest absolute Gasteiger partial charge is 0.573 e. The van der Waals surface area contributed by atoms with Crippen LogP contribution in [0.1, 0.15) is 26.3 Å². The fourth-order valence-corrected chi connectivity index (χ4v) is 3.39. The van der Waals surface area contributed by atoms with E-state index in [0.29, 0.717) is 0 Å². The lowest BCUT2D eigenvalue weighted by Gasteiger charge is -2.15. The van der Waals surface area contributed by atoms with Crippen LogP contribution in [0, 0.1) is 16.7 Å². The highest BCUT2D eigenvalue weighted by atomic mass is 32.1. The number of nitriles is 1.